The Morgan fingerprint density at radius 1 is 1.67 bits per heavy atom. The van der Waals surface area contributed by atoms with E-state index in [4.69, 9.17) is 15.1 Å². The van der Waals surface area contributed by atoms with Gasteiger partial charge in [0.05, 0.1) is 12.2 Å². The highest BCUT2D eigenvalue weighted by atomic mass is 16.5. The molecule has 0 radical (unpaired) electrons. The number of nitrogens with zero attached hydrogens (tertiary/aromatic N) is 1. The molecule has 0 spiro atoms. The monoisotopic (exact) mass is 175 g/mol. The van der Waals surface area contributed by atoms with Gasteiger partial charge in [0.2, 0.25) is 0 Å². The molecule has 0 aromatic carbocycles. The molecule has 0 aliphatic carbocycles. The number of aliphatic hydroxyl groups excluding tert-OH is 1. The molecule has 4 heteroatoms. The van der Waals surface area contributed by atoms with Gasteiger partial charge in [-0.15, -0.1) is 0 Å². The van der Waals surface area contributed by atoms with E-state index in [-0.39, 0.29) is 12.1 Å². The van der Waals surface area contributed by atoms with E-state index < -0.39 is 0 Å². The van der Waals surface area contributed by atoms with Crippen LogP contribution in [0, 0.1) is 11.3 Å². The zero-order valence-electron chi connectivity index (χ0n) is 7.42. The van der Waals surface area contributed by atoms with E-state index in [1.807, 2.05) is 0 Å². The topological polar surface area (TPSA) is 84.8 Å². The first-order chi connectivity index (χ1) is 5.35. The molecule has 1 atom stereocenters. The maximum atomic E-state index is 8.45. The Bertz CT molecular complexity index is 116. The molecule has 72 valence electrons. The lowest BCUT2D eigenvalue weighted by atomic mass is 10.2. The molecule has 1 aliphatic heterocycles. The third-order valence-corrected chi connectivity index (χ3v) is 1.48. The fourth-order valence-electron chi connectivity index (χ4n) is 1.02. The number of nitriles is 1. The van der Waals surface area contributed by atoms with Crippen LogP contribution >= 0.6 is 0 Å². The molecular weight excluding hydrogens is 158 g/mol. The normalized spacial score (nSPS) is 19.9. The van der Waals surface area contributed by atoms with Crippen molar-refractivity contribution in [1.29, 1.82) is 5.26 Å². The van der Waals surface area contributed by atoms with Crippen LogP contribution in [0.2, 0.25) is 0 Å². The van der Waals surface area contributed by atoms with Gasteiger partial charge < -0.3 is 15.3 Å². The first-order valence-corrected chi connectivity index (χ1v) is 3.88. The van der Waals surface area contributed by atoms with Gasteiger partial charge in [-0.3, -0.25) is 0 Å². The van der Waals surface area contributed by atoms with E-state index in [9.17, 15) is 0 Å². The number of aliphatic hydroxyl groups is 1. The summed E-state index contributed by atoms with van der Waals surface area (Å²) in [6.07, 6.45) is 3.49. The van der Waals surface area contributed by atoms with Gasteiger partial charge >= 0.3 is 0 Å². The number of hydrogen-bond donors (Lipinski definition) is 1. The minimum Gasteiger partial charge on any atom is -0.412 e. The van der Waals surface area contributed by atoms with Crippen molar-refractivity contribution in [3.63, 3.8) is 0 Å². The van der Waals surface area contributed by atoms with Crippen LogP contribution in [0.25, 0.3) is 0 Å². The quantitative estimate of drug-likeness (QED) is 0.653. The second-order valence-electron chi connectivity index (χ2n) is 2.37. The highest BCUT2D eigenvalue weighted by molar-refractivity contribution is 4.63. The Morgan fingerprint density at radius 3 is 2.58 bits per heavy atom. The van der Waals surface area contributed by atoms with E-state index in [0.717, 1.165) is 19.4 Å². The van der Waals surface area contributed by atoms with E-state index in [0.29, 0.717) is 6.10 Å². The molecule has 12 heavy (non-hydrogen) atoms. The van der Waals surface area contributed by atoms with Crippen LogP contribution in [-0.2, 0) is 4.74 Å². The standard InChI is InChI=1S/C6H12O2.C2H3N.H2O/c7-4-3-6-2-1-5-8-6;1-2-3;/h6-7H,1-5H2;1H3;1H2. The summed E-state index contributed by atoms with van der Waals surface area (Å²) in [5.74, 6) is 0. The first-order valence-electron chi connectivity index (χ1n) is 3.88. The van der Waals surface area contributed by atoms with Gasteiger partial charge in [0.15, 0.2) is 0 Å². The molecule has 0 amide bonds. The van der Waals surface area contributed by atoms with Crippen molar-refractivity contribution in [2.45, 2.75) is 32.3 Å². The molecule has 1 aliphatic rings. The Labute approximate surface area is 73.1 Å². The second-order valence-corrected chi connectivity index (χ2v) is 2.37. The van der Waals surface area contributed by atoms with Crippen LogP contribution in [0.4, 0.5) is 0 Å². The summed E-state index contributed by atoms with van der Waals surface area (Å²) in [6.45, 7) is 2.59. The summed E-state index contributed by atoms with van der Waals surface area (Å²) in [5.41, 5.74) is 0. The average molecular weight is 175 g/mol. The van der Waals surface area contributed by atoms with Gasteiger partial charge in [-0.1, -0.05) is 0 Å². The summed E-state index contributed by atoms with van der Waals surface area (Å²) in [5, 5.41) is 15.8. The highest BCUT2D eigenvalue weighted by Crippen LogP contribution is 2.13. The van der Waals surface area contributed by atoms with Crippen molar-refractivity contribution < 1.29 is 15.3 Å². The van der Waals surface area contributed by atoms with Crippen molar-refractivity contribution in [3.05, 3.63) is 0 Å². The third-order valence-electron chi connectivity index (χ3n) is 1.48. The number of hydrogen-bond acceptors (Lipinski definition) is 3. The van der Waals surface area contributed by atoms with Gasteiger partial charge in [-0.25, -0.2) is 0 Å². The molecule has 1 heterocycles. The Balaban J connectivity index is 0. The van der Waals surface area contributed by atoms with Crippen LogP contribution in [0.5, 0.6) is 0 Å². The largest absolute Gasteiger partial charge is 0.412 e. The molecule has 1 saturated heterocycles. The van der Waals surface area contributed by atoms with Gasteiger partial charge in [0.1, 0.15) is 0 Å². The van der Waals surface area contributed by atoms with Gasteiger partial charge in [0.25, 0.3) is 0 Å². The lowest BCUT2D eigenvalue weighted by Gasteiger charge is -2.03. The minimum absolute atomic E-state index is 0. The fraction of sp³-hybridized carbons (Fsp3) is 0.875. The Kier molecular flexibility index (Phi) is 12.0. The zero-order valence-corrected chi connectivity index (χ0v) is 7.42. The molecule has 4 nitrogen and oxygen atoms in total. The van der Waals surface area contributed by atoms with E-state index >= 15 is 0 Å². The van der Waals surface area contributed by atoms with Crippen LogP contribution in [0.1, 0.15) is 26.2 Å². The van der Waals surface area contributed by atoms with Gasteiger partial charge in [-0.2, -0.15) is 5.26 Å². The van der Waals surface area contributed by atoms with Crippen molar-refractivity contribution in [3.8, 4) is 6.07 Å². The first kappa shape index (κ1) is 13.9. The number of ether oxygens (including phenoxy) is 1. The Morgan fingerprint density at radius 2 is 2.25 bits per heavy atom. The molecule has 0 bridgehead atoms. The van der Waals surface area contributed by atoms with Crippen LogP contribution in [0.3, 0.4) is 0 Å². The summed E-state index contributed by atoms with van der Waals surface area (Å²) in [4.78, 5) is 0. The summed E-state index contributed by atoms with van der Waals surface area (Å²) in [7, 11) is 0. The van der Waals surface area contributed by atoms with Crippen molar-refractivity contribution in [2.75, 3.05) is 13.2 Å². The molecular formula is C8H17NO3. The highest BCUT2D eigenvalue weighted by Gasteiger charge is 2.13. The van der Waals surface area contributed by atoms with Gasteiger partial charge in [0, 0.05) is 20.1 Å². The zero-order chi connectivity index (χ0) is 8.53. The van der Waals surface area contributed by atoms with E-state index in [2.05, 4.69) is 0 Å². The minimum atomic E-state index is 0. The van der Waals surface area contributed by atoms with Gasteiger partial charge in [-0.05, 0) is 19.3 Å². The predicted molar refractivity (Wildman–Crippen MR) is 45.6 cm³/mol. The molecule has 1 rings (SSSR count). The predicted octanol–water partition coefficient (Wildman–Crippen LogP) is 0.253. The molecule has 0 aromatic rings. The third kappa shape index (κ3) is 7.48. The summed E-state index contributed by atoms with van der Waals surface area (Å²) in [6, 6.07) is 1.75. The lowest BCUT2D eigenvalue weighted by Crippen LogP contribution is -2.06. The van der Waals surface area contributed by atoms with Crippen molar-refractivity contribution in [2.24, 2.45) is 0 Å². The lowest BCUT2D eigenvalue weighted by molar-refractivity contribution is 0.0868. The van der Waals surface area contributed by atoms with Crippen LogP contribution < -0.4 is 0 Å². The number of rotatable bonds is 2. The van der Waals surface area contributed by atoms with Crippen molar-refractivity contribution in [1.82, 2.24) is 0 Å². The Hall–Kier alpha value is -0.630. The SMILES string of the molecule is CC#N.O.OCCC1CCCO1. The van der Waals surface area contributed by atoms with Crippen LogP contribution in [0.15, 0.2) is 0 Å². The molecule has 0 saturated carbocycles. The smallest absolute Gasteiger partial charge is 0.0597 e. The van der Waals surface area contributed by atoms with E-state index in [1.165, 1.54) is 13.3 Å². The summed E-state index contributed by atoms with van der Waals surface area (Å²) >= 11 is 0. The summed E-state index contributed by atoms with van der Waals surface area (Å²) < 4.78 is 5.23. The van der Waals surface area contributed by atoms with Crippen LogP contribution in [-0.4, -0.2) is 29.9 Å². The maximum Gasteiger partial charge on any atom is 0.0597 e. The van der Waals surface area contributed by atoms with E-state index in [1.54, 1.807) is 6.07 Å². The average Bonchev–Trinajstić information content (AvgIpc) is 2.42. The molecule has 3 N–H and O–H groups in total. The molecule has 0 aromatic heterocycles. The second kappa shape index (κ2) is 10.4. The maximum absolute atomic E-state index is 8.45. The fourth-order valence-corrected chi connectivity index (χ4v) is 1.02. The van der Waals surface area contributed by atoms with Crippen molar-refractivity contribution >= 4 is 0 Å². The molecule has 1 fully saturated rings. The molecule has 1 unspecified atom stereocenters.